The summed E-state index contributed by atoms with van der Waals surface area (Å²) >= 11 is 1.58. The lowest BCUT2D eigenvalue weighted by Gasteiger charge is -2.08. The van der Waals surface area contributed by atoms with Crippen LogP contribution in [0.5, 0.6) is 5.75 Å². The van der Waals surface area contributed by atoms with Gasteiger partial charge in [0.05, 0.1) is 35.0 Å². The van der Waals surface area contributed by atoms with E-state index in [1.165, 1.54) is 0 Å². The van der Waals surface area contributed by atoms with Crippen molar-refractivity contribution in [1.29, 1.82) is 5.26 Å². The first kappa shape index (κ1) is 14.5. The Morgan fingerprint density at radius 2 is 2.18 bits per heavy atom. The largest absolute Gasteiger partial charge is 0.497 e. The average Bonchev–Trinajstić information content (AvgIpc) is 2.98. The van der Waals surface area contributed by atoms with E-state index in [2.05, 4.69) is 11.1 Å². The summed E-state index contributed by atoms with van der Waals surface area (Å²) in [5.74, 6) is 0.818. The number of thiazole rings is 1. The van der Waals surface area contributed by atoms with Gasteiger partial charge in [0, 0.05) is 0 Å². The van der Waals surface area contributed by atoms with Crippen molar-refractivity contribution in [3.8, 4) is 11.8 Å². The monoisotopic (exact) mass is 309 g/mol. The van der Waals surface area contributed by atoms with Crippen molar-refractivity contribution in [2.75, 3.05) is 7.11 Å². The van der Waals surface area contributed by atoms with Crippen LogP contribution in [0.1, 0.15) is 22.2 Å². The summed E-state index contributed by atoms with van der Waals surface area (Å²) in [5.41, 5.74) is 8.92. The highest BCUT2D eigenvalue weighted by Gasteiger charge is 2.13. The van der Waals surface area contributed by atoms with Gasteiger partial charge in [0.1, 0.15) is 10.8 Å². The van der Waals surface area contributed by atoms with Crippen LogP contribution in [0.25, 0.3) is 10.2 Å². The first-order valence-electron chi connectivity index (χ1n) is 6.88. The van der Waals surface area contributed by atoms with Gasteiger partial charge in [-0.15, -0.1) is 11.3 Å². The van der Waals surface area contributed by atoms with Crippen molar-refractivity contribution in [1.82, 2.24) is 4.98 Å². The highest BCUT2D eigenvalue weighted by atomic mass is 32.1. The SMILES string of the molecule is COc1ccc2nc(C(N)Cc3cccc(C#N)c3)sc2c1. The Kier molecular flexibility index (Phi) is 4.05. The van der Waals surface area contributed by atoms with Crippen LogP contribution in [0.4, 0.5) is 0 Å². The third-order valence-corrected chi connectivity index (χ3v) is 4.59. The van der Waals surface area contributed by atoms with Gasteiger partial charge in [-0.25, -0.2) is 4.98 Å². The molecule has 0 bridgehead atoms. The second-order valence-corrected chi connectivity index (χ2v) is 6.07. The molecular formula is C17H15N3OS. The summed E-state index contributed by atoms with van der Waals surface area (Å²) in [4.78, 5) is 4.60. The average molecular weight is 309 g/mol. The Bertz CT molecular complexity index is 850. The number of nitrogens with two attached hydrogens (primary N) is 1. The molecule has 3 rings (SSSR count). The van der Waals surface area contributed by atoms with E-state index in [1.54, 1.807) is 24.5 Å². The molecule has 2 aromatic carbocycles. The lowest BCUT2D eigenvalue weighted by Crippen LogP contribution is -2.13. The predicted molar refractivity (Wildman–Crippen MR) is 88.0 cm³/mol. The Morgan fingerprint density at radius 3 is 2.95 bits per heavy atom. The fraction of sp³-hybridized carbons (Fsp3) is 0.176. The van der Waals surface area contributed by atoms with Crippen LogP contribution in [-0.2, 0) is 6.42 Å². The van der Waals surface area contributed by atoms with E-state index in [-0.39, 0.29) is 6.04 Å². The van der Waals surface area contributed by atoms with Gasteiger partial charge >= 0.3 is 0 Å². The molecule has 1 atom stereocenters. The number of ether oxygens (including phenoxy) is 1. The number of hydrogen-bond acceptors (Lipinski definition) is 5. The molecule has 0 amide bonds. The molecule has 2 N–H and O–H groups in total. The smallest absolute Gasteiger partial charge is 0.120 e. The summed E-state index contributed by atoms with van der Waals surface area (Å²) in [5, 5.41) is 9.85. The van der Waals surface area contributed by atoms with Crippen LogP contribution in [0, 0.1) is 11.3 Å². The molecule has 4 nitrogen and oxygen atoms in total. The highest BCUT2D eigenvalue weighted by molar-refractivity contribution is 7.18. The molecule has 110 valence electrons. The van der Waals surface area contributed by atoms with Gasteiger partial charge in [-0.1, -0.05) is 12.1 Å². The second kappa shape index (κ2) is 6.14. The highest BCUT2D eigenvalue weighted by Crippen LogP contribution is 2.29. The van der Waals surface area contributed by atoms with Gasteiger partial charge in [0.25, 0.3) is 0 Å². The quantitative estimate of drug-likeness (QED) is 0.801. The van der Waals surface area contributed by atoms with Crippen molar-refractivity contribution in [2.24, 2.45) is 5.73 Å². The van der Waals surface area contributed by atoms with E-state index < -0.39 is 0 Å². The number of nitriles is 1. The standard InChI is InChI=1S/C17H15N3OS/c1-21-13-5-6-15-16(9-13)22-17(20-15)14(19)8-11-3-2-4-12(7-11)10-18/h2-7,9,14H,8,19H2,1H3. The van der Waals surface area contributed by atoms with E-state index in [9.17, 15) is 0 Å². The molecule has 0 aliphatic heterocycles. The van der Waals surface area contributed by atoms with E-state index >= 15 is 0 Å². The molecule has 22 heavy (non-hydrogen) atoms. The van der Waals surface area contributed by atoms with Crippen LogP contribution in [0.15, 0.2) is 42.5 Å². The maximum Gasteiger partial charge on any atom is 0.120 e. The van der Waals surface area contributed by atoms with Crippen LogP contribution in [0.3, 0.4) is 0 Å². The van der Waals surface area contributed by atoms with Gasteiger partial charge in [0.15, 0.2) is 0 Å². The Hall–Kier alpha value is -2.42. The molecule has 0 aliphatic rings. The molecule has 0 saturated carbocycles. The van der Waals surface area contributed by atoms with Crippen molar-refractivity contribution < 1.29 is 4.74 Å². The van der Waals surface area contributed by atoms with E-state index in [0.29, 0.717) is 12.0 Å². The summed E-state index contributed by atoms with van der Waals surface area (Å²) in [7, 11) is 1.65. The molecule has 3 aromatic rings. The molecule has 0 spiro atoms. The third kappa shape index (κ3) is 2.93. The zero-order chi connectivity index (χ0) is 15.5. The normalized spacial score (nSPS) is 12.0. The van der Waals surface area contributed by atoms with Crippen LogP contribution in [0.2, 0.25) is 0 Å². The first-order valence-corrected chi connectivity index (χ1v) is 7.70. The lowest BCUT2D eigenvalue weighted by molar-refractivity contribution is 0.415. The molecule has 0 fully saturated rings. The van der Waals surface area contributed by atoms with Gasteiger partial charge in [-0.2, -0.15) is 5.26 Å². The molecule has 0 aliphatic carbocycles. The summed E-state index contributed by atoms with van der Waals surface area (Å²) in [6.45, 7) is 0. The van der Waals surface area contributed by atoms with Crippen LogP contribution < -0.4 is 10.5 Å². The third-order valence-electron chi connectivity index (χ3n) is 3.44. The van der Waals surface area contributed by atoms with Gasteiger partial charge in [-0.05, 0) is 42.3 Å². The molecule has 5 heteroatoms. The van der Waals surface area contributed by atoms with Crippen LogP contribution in [-0.4, -0.2) is 12.1 Å². The number of hydrogen-bond donors (Lipinski definition) is 1. The lowest BCUT2D eigenvalue weighted by atomic mass is 10.0. The Balaban J connectivity index is 1.85. The van der Waals surface area contributed by atoms with Crippen LogP contribution >= 0.6 is 11.3 Å². The van der Waals surface area contributed by atoms with Crippen molar-refractivity contribution >= 4 is 21.6 Å². The van der Waals surface area contributed by atoms with E-state index in [1.807, 2.05) is 36.4 Å². The van der Waals surface area contributed by atoms with Crippen molar-refractivity contribution in [3.63, 3.8) is 0 Å². The zero-order valence-corrected chi connectivity index (χ0v) is 12.9. The number of aromatic nitrogens is 1. The van der Waals surface area contributed by atoms with E-state index in [4.69, 9.17) is 15.7 Å². The fourth-order valence-corrected chi connectivity index (χ4v) is 3.31. The first-order chi connectivity index (χ1) is 10.7. The zero-order valence-electron chi connectivity index (χ0n) is 12.1. The molecule has 0 saturated heterocycles. The van der Waals surface area contributed by atoms with Gasteiger partial charge < -0.3 is 10.5 Å². The number of rotatable bonds is 4. The Labute approximate surface area is 132 Å². The minimum Gasteiger partial charge on any atom is -0.497 e. The summed E-state index contributed by atoms with van der Waals surface area (Å²) in [6.07, 6.45) is 0.659. The number of fused-ring (bicyclic) bond motifs is 1. The maximum atomic E-state index is 8.95. The number of benzene rings is 2. The minimum absolute atomic E-state index is 0.183. The van der Waals surface area contributed by atoms with Crippen molar-refractivity contribution in [2.45, 2.75) is 12.5 Å². The van der Waals surface area contributed by atoms with Gasteiger partial charge in [-0.3, -0.25) is 0 Å². The second-order valence-electron chi connectivity index (χ2n) is 5.01. The number of nitrogens with zero attached hydrogens (tertiary/aromatic N) is 2. The van der Waals surface area contributed by atoms with Crippen molar-refractivity contribution in [3.05, 3.63) is 58.6 Å². The van der Waals surface area contributed by atoms with Gasteiger partial charge in [0.2, 0.25) is 0 Å². The fourth-order valence-electron chi connectivity index (χ4n) is 2.32. The molecule has 1 aromatic heterocycles. The topological polar surface area (TPSA) is 71.9 Å². The molecule has 0 radical (unpaired) electrons. The molecular weight excluding hydrogens is 294 g/mol. The molecule has 1 heterocycles. The number of methoxy groups -OCH3 is 1. The maximum absolute atomic E-state index is 8.95. The van der Waals surface area contributed by atoms with E-state index in [0.717, 1.165) is 26.5 Å². The Morgan fingerprint density at radius 1 is 1.32 bits per heavy atom. The minimum atomic E-state index is -0.183. The predicted octanol–water partition coefficient (Wildman–Crippen LogP) is 3.42. The summed E-state index contributed by atoms with van der Waals surface area (Å²) in [6, 6.07) is 15.3. The molecule has 1 unspecified atom stereocenters. The summed E-state index contributed by atoms with van der Waals surface area (Å²) < 4.78 is 6.30.